The molecule has 1 unspecified atom stereocenters. The van der Waals surface area contributed by atoms with Gasteiger partial charge in [0.2, 0.25) is 0 Å². The lowest BCUT2D eigenvalue weighted by atomic mass is 9.81. The van der Waals surface area contributed by atoms with Crippen LogP contribution in [-0.2, 0) is 0 Å². The molecule has 1 fully saturated rings. The quantitative estimate of drug-likeness (QED) is 0.690. The minimum Gasteiger partial charge on any atom is -0.327 e. The first-order chi connectivity index (χ1) is 5.33. The lowest BCUT2D eigenvalue weighted by Crippen LogP contribution is -2.28. The number of thioether (sulfide) groups is 1. The molecule has 0 aliphatic heterocycles. The van der Waals surface area contributed by atoms with Gasteiger partial charge in [-0.1, -0.05) is 26.2 Å². The molecule has 66 valence electrons. The highest BCUT2D eigenvalue weighted by molar-refractivity contribution is 7.99. The molecule has 0 bridgehead atoms. The van der Waals surface area contributed by atoms with Gasteiger partial charge in [0.15, 0.2) is 0 Å². The summed E-state index contributed by atoms with van der Waals surface area (Å²) in [5.41, 5.74) is 5.95. The zero-order valence-corrected chi connectivity index (χ0v) is 8.20. The molecule has 0 amide bonds. The molecule has 0 aromatic carbocycles. The van der Waals surface area contributed by atoms with Gasteiger partial charge in [-0.2, -0.15) is 11.8 Å². The number of rotatable bonds is 5. The van der Waals surface area contributed by atoms with E-state index in [9.17, 15) is 0 Å². The van der Waals surface area contributed by atoms with Crippen molar-refractivity contribution >= 4 is 11.8 Å². The van der Waals surface area contributed by atoms with Gasteiger partial charge in [0.1, 0.15) is 0 Å². The van der Waals surface area contributed by atoms with E-state index >= 15 is 0 Å². The lowest BCUT2D eigenvalue weighted by Gasteiger charge is -2.27. The fourth-order valence-electron chi connectivity index (χ4n) is 1.49. The zero-order valence-electron chi connectivity index (χ0n) is 7.38. The van der Waals surface area contributed by atoms with Crippen molar-refractivity contribution in [1.29, 1.82) is 0 Å². The molecule has 1 aliphatic rings. The second kappa shape index (κ2) is 5.04. The molecule has 1 nitrogen and oxygen atoms in total. The predicted molar refractivity (Wildman–Crippen MR) is 52.9 cm³/mol. The van der Waals surface area contributed by atoms with Crippen LogP contribution in [0.15, 0.2) is 0 Å². The number of nitrogens with two attached hydrogens (primary N) is 1. The summed E-state index contributed by atoms with van der Waals surface area (Å²) in [4.78, 5) is 0. The summed E-state index contributed by atoms with van der Waals surface area (Å²) in [5.74, 6) is 3.34. The van der Waals surface area contributed by atoms with Crippen molar-refractivity contribution < 1.29 is 0 Å². The van der Waals surface area contributed by atoms with Gasteiger partial charge in [-0.15, -0.1) is 0 Å². The van der Waals surface area contributed by atoms with Crippen LogP contribution < -0.4 is 5.73 Å². The van der Waals surface area contributed by atoms with Gasteiger partial charge in [-0.3, -0.25) is 0 Å². The Labute approximate surface area is 74.1 Å². The Morgan fingerprint density at radius 2 is 2.27 bits per heavy atom. The Kier molecular flexibility index (Phi) is 4.31. The predicted octanol–water partition coefficient (Wildman–Crippen LogP) is 2.26. The Bertz CT molecular complexity index is 102. The van der Waals surface area contributed by atoms with Crippen molar-refractivity contribution in [3.05, 3.63) is 0 Å². The molecule has 0 spiro atoms. The van der Waals surface area contributed by atoms with Crippen LogP contribution in [0, 0.1) is 5.92 Å². The fraction of sp³-hybridized carbons (Fsp3) is 1.00. The van der Waals surface area contributed by atoms with Crippen LogP contribution in [-0.4, -0.2) is 17.5 Å². The molecule has 0 heterocycles. The van der Waals surface area contributed by atoms with Crippen LogP contribution in [0.5, 0.6) is 0 Å². The summed E-state index contributed by atoms with van der Waals surface area (Å²) in [5, 5.41) is 0. The van der Waals surface area contributed by atoms with E-state index < -0.39 is 0 Å². The van der Waals surface area contributed by atoms with Crippen LogP contribution >= 0.6 is 11.8 Å². The normalized spacial score (nSPS) is 21.3. The SMILES string of the molecule is CCSCC(N)CC1CCC1. The van der Waals surface area contributed by atoms with Crippen molar-refractivity contribution in [3.8, 4) is 0 Å². The highest BCUT2D eigenvalue weighted by Crippen LogP contribution is 2.30. The standard InChI is InChI=1S/C9H19NS/c1-2-11-7-9(10)6-8-4-3-5-8/h8-9H,2-7,10H2,1H3. The van der Waals surface area contributed by atoms with Gasteiger partial charge in [-0.25, -0.2) is 0 Å². The monoisotopic (exact) mass is 173 g/mol. The third kappa shape index (κ3) is 3.48. The average Bonchev–Trinajstić information content (AvgIpc) is 1.93. The summed E-state index contributed by atoms with van der Waals surface area (Å²) in [7, 11) is 0. The topological polar surface area (TPSA) is 26.0 Å². The maximum Gasteiger partial charge on any atom is 0.0133 e. The molecule has 1 saturated carbocycles. The van der Waals surface area contributed by atoms with Gasteiger partial charge in [0, 0.05) is 11.8 Å². The minimum absolute atomic E-state index is 0.463. The van der Waals surface area contributed by atoms with E-state index in [0.717, 1.165) is 11.7 Å². The first-order valence-corrected chi connectivity index (χ1v) is 5.81. The first kappa shape index (κ1) is 9.40. The molecule has 11 heavy (non-hydrogen) atoms. The maximum absolute atomic E-state index is 5.95. The Balaban J connectivity index is 1.95. The molecule has 2 N–H and O–H groups in total. The van der Waals surface area contributed by atoms with Gasteiger partial charge < -0.3 is 5.73 Å². The van der Waals surface area contributed by atoms with Crippen LogP contribution in [0.2, 0.25) is 0 Å². The van der Waals surface area contributed by atoms with Gasteiger partial charge in [-0.05, 0) is 18.1 Å². The molecule has 1 rings (SSSR count). The average molecular weight is 173 g/mol. The molecular weight excluding hydrogens is 154 g/mol. The van der Waals surface area contributed by atoms with Crippen molar-refractivity contribution in [2.24, 2.45) is 11.7 Å². The van der Waals surface area contributed by atoms with E-state index in [1.807, 2.05) is 11.8 Å². The van der Waals surface area contributed by atoms with Crippen LogP contribution in [0.4, 0.5) is 0 Å². The van der Waals surface area contributed by atoms with E-state index in [0.29, 0.717) is 6.04 Å². The van der Waals surface area contributed by atoms with E-state index in [4.69, 9.17) is 5.73 Å². The van der Waals surface area contributed by atoms with Crippen molar-refractivity contribution in [2.45, 2.75) is 38.6 Å². The van der Waals surface area contributed by atoms with Crippen LogP contribution in [0.1, 0.15) is 32.6 Å². The molecule has 1 aliphatic carbocycles. The summed E-state index contributed by atoms with van der Waals surface area (Å²) >= 11 is 1.97. The fourth-order valence-corrected chi connectivity index (χ4v) is 2.17. The van der Waals surface area contributed by atoms with Crippen LogP contribution in [0.3, 0.4) is 0 Å². The van der Waals surface area contributed by atoms with Crippen molar-refractivity contribution in [3.63, 3.8) is 0 Å². The van der Waals surface area contributed by atoms with Gasteiger partial charge in [0.25, 0.3) is 0 Å². The Morgan fingerprint density at radius 3 is 2.73 bits per heavy atom. The minimum atomic E-state index is 0.463. The van der Waals surface area contributed by atoms with Gasteiger partial charge >= 0.3 is 0 Å². The molecule has 2 heteroatoms. The number of hydrogen-bond donors (Lipinski definition) is 1. The highest BCUT2D eigenvalue weighted by atomic mass is 32.2. The summed E-state index contributed by atoms with van der Waals surface area (Å²) < 4.78 is 0. The smallest absolute Gasteiger partial charge is 0.0133 e. The third-order valence-corrected chi connectivity index (χ3v) is 3.47. The molecular formula is C9H19NS. The second-order valence-electron chi connectivity index (χ2n) is 3.45. The van der Waals surface area contributed by atoms with E-state index in [1.165, 1.54) is 31.4 Å². The van der Waals surface area contributed by atoms with E-state index in [2.05, 4.69) is 6.92 Å². The van der Waals surface area contributed by atoms with E-state index in [1.54, 1.807) is 0 Å². The molecule has 0 radical (unpaired) electrons. The number of hydrogen-bond acceptors (Lipinski definition) is 2. The maximum atomic E-state index is 5.95. The van der Waals surface area contributed by atoms with E-state index in [-0.39, 0.29) is 0 Å². The molecule has 0 aromatic rings. The van der Waals surface area contributed by atoms with Crippen molar-refractivity contribution in [2.75, 3.05) is 11.5 Å². The molecule has 0 aromatic heterocycles. The molecule has 0 saturated heterocycles. The summed E-state index contributed by atoms with van der Waals surface area (Å²) in [6, 6.07) is 0.463. The summed E-state index contributed by atoms with van der Waals surface area (Å²) in [6.07, 6.45) is 5.58. The van der Waals surface area contributed by atoms with Gasteiger partial charge in [0.05, 0.1) is 0 Å². The zero-order chi connectivity index (χ0) is 8.10. The van der Waals surface area contributed by atoms with Crippen molar-refractivity contribution in [1.82, 2.24) is 0 Å². The highest BCUT2D eigenvalue weighted by Gasteiger charge is 2.19. The molecule has 1 atom stereocenters. The third-order valence-electron chi connectivity index (χ3n) is 2.40. The first-order valence-electron chi connectivity index (χ1n) is 4.66. The lowest BCUT2D eigenvalue weighted by molar-refractivity contribution is 0.282. The Morgan fingerprint density at radius 1 is 1.55 bits per heavy atom. The second-order valence-corrected chi connectivity index (χ2v) is 4.77. The largest absolute Gasteiger partial charge is 0.327 e. The van der Waals surface area contributed by atoms with Crippen LogP contribution in [0.25, 0.3) is 0 Å². The summed E-state index contributed by atoms with van der Waals surface area (Å²) in [6.45, 7) is 2.20. The Hall–Kier alpha value is 0.310.